The summed E-state index contributed by atoms with van der Waals surface area (Å²) in [5.41, 5.74) is 3.01. The van der Waals surface area contributed by atoms with Crippen LogP contribution in [0.25, 0.3) is 34.2 Å². The van der Waals surface area contributed by atoms with Crippen molar-refractivity contribution in [2.45, 2.75) is 13.3 Å². The quantitative estimate of drug-likeness (QED) is 0.348. The number of alkyl halides is 3. The van der Waals surface area contributed by atoms with Gasteiger partial charge in [-0.15, -0.1) is 13.2 Å². The number of aryl methyl sites for hydroxylation is 1. The average molecular weight is 453 g/mol. The van der Waals surface area contributed by atoms with Crippen LogP contribution in [0.2, 0.25) is 10.0 Å². The third-order valence-electron chi connectivity index (χ3n) is 4.28. The predicted molar refractivity (Wildman–Crippen MR) is 109 cm³/mol. The normalized spacial score (nSPS) is 11.7. The van der Waals surface area contributed by atoms with Crippen molar-refractivity contribution in [2.75, 3.05) is 0 Å². The van der Waals surface area contributed by atoms with Gasteiger partial charge in [0.1, 0.15) is 11.5 Å². The first-order valence-electron chi connectivity index (χ1n) is 8.68. The van der Waals surface area contributed by atoms with E-state index in [9.17, 15) is 13.2 Å². The molecule has 0 atom stereocenters. The summed E-state index contributed by atoms with van der Waals surface area (Å²) in [6, 6.07) is 14.6. The van der Waals surface area contributed by atoms with Crippen LogP contribution >= 0.6 is 23.2 Å². The van der Waals surface area contributed by atoms with Crippen molar-refractivity contribution in [3.05, 3.63) is 70.3 Å². The molecule has 4 nitrogen and oxygen atoms in total. The Morgan fingerprint density at radius 3 is 2.27 bits per heavy atom. The number of rotatable bonds is 4. The summed E-state index contributed by atoms with van der Waals surface area (Å²) in [7, 11) is 0. The highest BCUT2D eigenvalue weighted by Crippen LogP contribution is 2.36. The third kappa shape index (κ3) is 4.32. The maximum absolute atomic E-state index is 12.4. The molecule has 0 radical (unpaired) electrons. The van der Waals surface area contributed by atoms with Crippen LogP contribution in [0.3, 0.4) is 0 Å². The van der Waals surface area contributed by atoms with Gasteiger partial charge in [-0.1, -0.05) is 35.3 Å². The number of aromatic amines is 1. The number of H-pyrrole nitrogens is 1. The zero-order valence-corrected chi connectivity index (χ0v) is 16.9. The highest BCUT2D eigenvalue weighted by atomic mass is 35.5. The van der Waals surface area contributed by atoms with Crippen LogP contribution < -0.4 is 4.74 Å². The van der Waals surface area contributed by atoms with E-state index in [0.717, 1.165) is 23.0 Å². The Kier molecular flexibility index (Phi) is 5.26. The van der Waals surface area contributed by atoms with Gasteiger partial charge in [0.25, 0.3) is 0 Å². The molecule has 30 heavy (non-hydrogen) atoms. The van der Waals surface area contributed by atoms with E-state index in [1.165, 1.54) is 12.1 Å². The lowest BCUT2D eigenvalue weighted by molar-refractivity contribution is -0.274. The number of halogens is 5. The van der Waals surface area contributed by atoms with E-state index in [2.05, 4.69) is 14.7 Å². The molecule has 154 valence electrons. The minimum absolute atomic E-state index is 0.179. The topological polar surface area (TPSA) is 51.0 Å². The third-order valence-corrected chi connectivity index (χ3v) is 4.83. The van der Waals surface area contributed by atoms with E-state index in [1.807, 2.05) is 19.1 Å². The van der Waals surface area contributed by atoms with E-state index < -0.39 is 12.1 Å². The number of hydrogen-bond acceptors (Lipinski definition) is 3. The molecule has 2 aromatic carbocycles. The predicted octanol–water partition coefficient (Wildman–Crippen LogP) is 7.52. The van der Waals surface area contributed by atoms with Crippen molar-refractivity contribution in [3.63, 3.8) is 0 Å². The van der Waals surface area contributed by atoms with Gasteiger partial charge < -0.3 is 14.1 Å². The second-order valence-electron chi connectivity index (χ2n) is 6.42. The number of ether oxygens (including phenoxy) is 1. The van der Waals surface area contributed by atoms with E-state index in [-0.39, 0.29) is 5.02 Å². The fourth-order valence-corrected chi connectivity index (χ4v) is 3.29. The van der Waals surface area contributed by atoms with Gasteiger partial charge in [-0.2, -0.15) is 0 Å². The van der Waals surface area contributed by atoms with Crippen LogP contribution in [0.4, 0.5) is 13.2 Å². The molecule has 0 unspecified atom stereocenters. The molecular weight excluding hydrogens is 440 g/mol. The molecule has 0 aliphatic rings. The summed E-state index contributed by atoms with van der Waals surface area (Å²) in [4.78, 5) is 7.77. The number of aromatic nitrogens is 2. The molecule has 0 spiro atoms. The van der Waals surface area contributed by atoms with Crippen molar-refractivity contribution < 1.29 is 22.3 Å². The number of nitrogens with zero attached hydrogens (tertiary/aromatic N) is 1. The molecule has 0 bridgehead atoms. The van der Waals surface area contributed by atoms with Gasteiger partial charge in [0.15, 0.2) is 11.6 Å². The SMILES string of the molecule is Cc1[nH]c(-c2ccc(-c3ccc(OC(F)(F)F)c(Cl)c3)o2)nc1-c1ccc(Cl)cc1. The lowest BCUT2D eigenvalue weighted by Gasteiger charge is -2.10. The lowest BCUT2D eigenvalue weighted by Crippen LogP contribution is -2.17. The Hall–Kier alpha value is -2.90. The number of benzene rings is 2. The Bertz CT molecular complexity index is 1200. The summed E-state index contributed by atoms with van der Waals surface area (Å²) >= 11 is 11.9. The molecular formula is C21H13Cl2F3N2O2. The van der Waals surface area contributed by atoms with Crippen molar-refractivity contribution in [3.8, 4) is 39.9 Å². The molecule has 0 saturated heterocycles. The Balaban J connectivity index is 1.61. The van der Waals surface area contributed by atoms with Gasteiger partial charge >= 0.3 is 6.36 Å². The summed E-state index contributed by atoms with van der Waals surface area (Å²) in [5, 5.41) is 0.454. The molecule has 9 heteroatoms. The molecule has 0 saturated carbocycles. The molecule has 0 amide bonds. The first kappa shape index (κ1) is 20.4. The monoisotopic (exact) mass is 452 g/mol. The number of hydrogen-bond donors (Lipinski definition) is 1. The summed E-state index contributed by atoms with van der Waals surface area (Å²) in [6.45, 7) is 1.89. The molecule has 0 aliphatic heterocycles. The molecule has 0 aliphatic carbocycles. The van der Waals surface area contributed by atoms with Gasteiger partial charge in [0.05, 0.1) is 10.7 Å². The lowest BCUT2D eigenvalue weighted by atomic mass is 10.1. The zero-order valence-electron chi connectivity index (χ0n) is 15.3. The minimum atomic E-state index is -4.82. The molecule has 4 rings (SSSR count). The number of nitrogens with one attached hydrogen (secondary N) is 1. The van der Waals surface area contributed by atoms with Gasteiger partial charge in [-0.25, -0.2) is 4.98 Å². The van der Waals surface area contributed by atoms with E-state index in [0.29, 0.717) is 27.9 Å². The summed E-state index contributed by atoms with van der Waals surface area (Å²) in [5.74, 6) is 0.938. The Labute approximate surface area is 179 Å². The first-order chi connectivity index (χ1) is 14.2. The van der Waals surface area contributed by atoms with Gasteiger partial charge in [-0.05, 0) is 49.4 Å². The first-order valence-corrected chi connectivity index (χ1v) is 9.43. The van der Waals surface area contributed by atoms with Gasteiger partial charge in [0, 0.05) is 21.8 Å². The van der Waals surface area contributed by atoms with Crippen LogP contribution in [-0.4, -0.2) is 16.3 Å². The summed E-state index contributed by atoms with van der Waals surface area (Å²) < 4.78 is 46.9. The fourth-order valence-electron chi connectivity index (χ4n) is 2.95. The maximum atomic E-state index is 12.4. The average Bonchev–Trinajstić information content (AvgIpc) is 3.30. The molecule has 2 heterocycles. The Morgan fingerprint density at radius 1 is 0.933 bits per heavy atom. The van der Waals surface area contributed by atoms with Crippen LogP contribution in [0, 0.1) is 6.92 Å². The molecule has 0 fully saturated rings. The number of imidazole rings is 1. The van der Waals surface area contributed by atoms with Gasteiger partial charge in [0.2, 0.25) is 0 Å². The molecule has 1 N–H and O–H groups in total. The van der Waals surface area contributed by atoms with Gasteiger partial charge in [-0.3, -0.25) is 0 Å². The molecule has 2 aromatic heterocycles. The largest absolute Gasteiger partial charge is 0.573 e. The van der Waals surface area contributed by atoms with Crippen molar-refractivity contribution >= 4 is 23.2 Å². The van der Waals surface area contributed by atoms with Crippen molar-refractivity contribution in [1.29, 1.82) is 0 Å². The maximum Gasteiger partial charge on any atom is 0.573 e. The highest BCUT2D eigenvalue weighted by Gasteiger charge is 2.32. The second kappa shape index (κ2) is 7.74. The molecule has 4 aromatic rings. The fraction of sp³-hybridized carbons (Fsp3) is 0.0952. The summed E-state index contributed by atoms with van der Waals surface area (Å²) in [6.07, 6.45) is -4.82. The zero-order chi connectivity index (χ0) is 21.5. The van der Waals surface area contributed by atoms with Crippen molar-refractivity contribution in [1.82, 2.24) is 9.97 Å². The minimum Gasteiger partial charge on any atom is -0.453 e. The van der Waals surface area contributed by atoms with Crippen LogP contribution in [0.15, 0.2) is 59.0 Å². The number of furan rings is 1. The standard InChI is InChI=1S/C21H13Cl2F3N2O2/c1-11-19(12-2-5-14(22)6-3-12)28-20(27-11)18-9-8-16(29-18)13-4-7-17(15(23)10-13)30-21(24,25)26/h2-10H,1H3,(H,27,28). The van der Waals surface area contributed by atoms with Crippen LogP contribution in [0.5, 0.6) is 5.75 Å². The van der Waals surface area contributed by atoms with E-state index in [1.54, 1.807) is 24.3 Å². The van der Waals surface area contributed by atoms with Crippen LogP contribution in [0.1, 0.15) is 5.69 Å². The second-order valence-corrected chi connectivity index (χ2v) is 7.27. The van der Waals surface area contributed by atoms with E-state index in [4.69, 9.17) is 27.6 Å². The Morgan fingerprint density at radius 2 is 1.60 bits per heavy atom. The van der Waals surface area contributed by atoms with Crippen LogP contribution in [-0.2, 0) is 0 Å². The van der Waals surface area contributed by atoms with E-state index >= 15 is 0 Å². The van der Waals surface area contributed by atoms with Crippen molar-refractivity contribution in [2.24, 2.45) is 0 Å². The highest BCUT2D eigenvalue weighted by molar-refractivity contribution is 6.32. The smallest absolute Gasteiger partial charge is 0.453 e.